The maximum Gasteiger partial charge on any atom is 0.255 e. The van der Waals surface area contributed by atoms with Crippen molar-refractivity contribution in [1.29, 1.82) is 5.26 Å². The number of amides is 1. The first-order valence-corrected chi connectivity index (χ1v) is 13.6. The highest BCUT2D eigenvalue weighted by Gasteiger charge is 2.57. The molecule has 0 radical (unpaired) electrons. The molecule has 3 aromatic heterocycles. The van der Waals surface area contributed by atoms with Crippen molar-refractivity contribution in [2.75, 3.05) is 17.6 Å². The molecule has 1 amide bonds. The number of halogens is 1. The van der Waals surface area contributed by atoms with Crippen molar-refractivity contribution >= 4 is 28.4 Å². The van der Waals surface area contributed by atoms with E-state index in [1.165, 1.54) is 24.7 Å². The minimum Gasteiger partial charge on any atom is -0.390 e. The zero-order valence-electron chi connectivity index (χ0n) is 22.5. The zero-order chi connectivity index (χ0) is 28.4. The molecule has 4 fully saturated rings. The van der Waals surface area contributed by atoms with Gasteiger partial charge >= 0.3 is 0 Å². The van der Waals surface area contributed by atoms with Crippen molar-refractivity contribution < 1.29 is 19.4 Å². The highest BCUT2D eigenvalue weighted by Crippen LogP contribution is 2.58. The van der Waals surface area contributed by atoms with Gasteiger partial charge in [0.25, 0.3) is 5.91 Å². The van der Waals surface area contributed by atoms with Gasteiger partial charge in [0.05, 0.1) is 40.8 Å². The Kier molecular flexibility index (Phi) is 6.01. The first kappa shape index (κ1) is 26.4. The van der Waals surface area contributed by atoms with Gasteiger partial charge in [-0.05, 0) is 70.3 Å². The Labute approximate surface area is 230 Å². The summed E-state index contributed by atoms with van der Waals surface area (Å²) in [6.07, 6.45) is 6.35. The van der Waals surface area contributed by atoms with Crippen molar-refractivity contribution in [2.45, 2.75) is 75.3 Å². The van der Waals surface area contributed by atoms with Crippen molar-refractivity contribution in [2.24, 2.45) is 11.8 Å². The van der Waals surface area contributed by atoms with Crippen LogP contribution in [0.4, 0.5) is 15.9 Å². The van der Waals surface area contributed by atoms with Crippen molar-refractivity contribution in [3.8, 4) is 11.9 Å². The van der Waals surface area contributed by atoms with Crippen LogP contribution < -0.4 is 16.4 Å². The fraction of sp³-hybridized carbons (Fsp3) is 0.536. The summed E-state index contributed by atoms with van der Waals surface area (Å²) in [5, 5.41) is 41.8. The highest BCUT2D eigenvalue weighted by atomic mass is 19.1. The monoisotopic (exact) mass is 548 g/mol. The maximum absolute atomic E-state index is 14.4. The number of anilines is 2. The summed E-state index contributed by atoms with van der Waals surface area (Å²) in [6, 6.07) is 5.32. The van der Waals surface area contributed by atoms with E-state index in [9.17, 15) is 24.7 Å². The molecule has 7 rings (SSSR count). The van der Waals surface area contributed by atoms with Gasteiger partial charge in [-0.2, -0.15) is 15.0 Å². The molecule has 0 aliphatic heterocycles. The van der Waals surface area contributed by atoms with E-state index in [0.29, 0.717) is 40.8 Å². The number of nitrogens with one attached hydrogen (secondary N) is 2. The number of nitrogen functional groups attached to an aromatic ring is 1. The van der Waals surface area contributed by atoms with Crippen LogP contribution in [0.5, 0.6) is 0 Å². The molecule has 210 valence electrons. The van der Waals surface area contributed by atoms with Crippen LogP contribution in [-0.2, 0) is 0 Å². The number of nitrogens with zero attached hydrogens (tertiary/aromatic N) is 5. The van der Waals surface area contributed by atoms with Crippen LogP contribution in [-0.4, -0.2) is 65.3 Å². The van der Waals surface area contributed by atoms with Gasteiger partial charge < -0.3 is 26.6 Å². The summed E-state index contributed by atoms with van der Waals surface area (Å²) in [7, 11) is 0. The molecule has 4 saturated carbocycles. The smallest absolute Gasteiger partial charge is 0.255 e. The number of aliphatic hydroxyl groups is 2. The van der Waals surface area contributed by atoms with Gasteiger partial charge in [0.2, 0.25) is 0 Å². The lowest BCUT2D eigenvalue weighted by Crippen LogP contribution is -2.62. The second kappa shape index (κ2) is 9.11. The molecule has 2 unspecified atom stereocenters. The van der Waals surface area contributed by atoms with E-state index in [1.54, 1.807) is 18.3 Å². The van der Waals surface area contributed by atoms with Crippen LogP contribution >= 0.6 is 0 Å². The second-order valence-corrected chi connectivity index (χ2v) is 12.5. The number of carbonyl (C=O) groups is 1. The molecule has 0 spiro atoms. The zero-order valence-corrected chi connectivity index (χ0v) is 22.5. The average molecular weight is 549 g/mol. The molecule has 12 heteroatoms. The summed E-state index contributed by atoms with van der Waals surface area (Å²) >= 11 is 0. The molecule has 4 bridgehead atoms. The first-order chi connectivity index (χ1) is 18.9. The Morgan fingerprint density at radius 3 is 2.67 bits per heavy atom. The molecule has 0 saturated heterocycles. The van der Waals surface area contributed by atoms with E-state index in [1.807, 2.05) is 6.07 Å². The fourth-order valence-corrected chi connectivity index (χ4v) is 7.25. The number of nitrogens with two attached hydrogens (primary N) is 1. The van der Waals surface area contributed by atoms with Crippen LogP contribution in [0.1, 0.15) is 68.3 Å². The summed E-state index contributed by atoms with van der Waals surface area (Å²) in [5.74, 6) is 0.721. The third kappa shape index (κ3) is 4.63. The van der Waals surface area contributed by atoms with Gasteiger partial charge in [0.15, 0.2) is 11.5 Å². The van der Waals surface area contributed by atoms with Crippen LogP contribution in [0.15, 0.2) is 24.5 Å². The molecule has 3 heterocycles. The van der Waals surface area contributed by atoms with Crippen LogP contribution in [0.3, 0.4) is 0 Å². The molecule has 3 aromatic rings. The van der Waals surface area contributed by atoms with Crippen molar-refractivity contribution in [3.05, 3.63) is 35.7 Å². The quantitative estimate of drug-likeness (QED) is 0.297. The number of hydrogen-bond donors (Lipinski definition) is 5. The number of carbonyl (C=O) groups excluding carboxylic acids is 1. The summed E-state index contributed by atoms with van der Waals surface area (Å²) in [5.41, 5.74) is 4.59. The third-order valence-corrected chi connectivity index (χ3v) is 8.68. The van der Waals surface area contributed by atoms with E-state index >= 15 is 0 Å². The fourth-order valence-electron chi connectivity index (χ4n) is 7.25. The second-order valence-electron chi connectivity index (χ2n) is 12.5. The van der Waals surface area contributed by atoms with Gasteiger partial charge in [0.1, 0.15) is 18.1 Å². The SMILES string of the molecule is CC(C)(O)[C@H](F)CNC(=O)c1cnc(-n2ncc3cc(C#N)c(N)nc32)cc1N[C@]12CC3C[C@H](CC(O)(C3)C1)C2. The largest absolute Gasteiger partial charge is 0.390 e. The van der Waals surface area contributed by atoms with Gasteiger partial charge in [-0.1, -0.05) is 0 Å². The normalized spacial score (nSPS) is 27.9. The Morgan fingerprint density at radius 1 is 1.30 bits per heavy atom. The topological polar surface area (TPSA) is 175 Å². The Balaban J connectivity index is 1.38. The number of aromatic nitrogens is 4. The Hall–Kier alpha value is -3.82. The van der Waals surface area contributed by atoms with Gasteiger partial charge in [-0.3, -0.25) is 4.79 Å². The van der Waals surface area contributed by atoms with Crippen LogP contribution in [0.25, 0.3) is 16.9 Å². The number of nitriles is 1. The van der Waals surface area contributed by atoms with Gasteiger partial charge in [-0.15, -0.1) is 0 Å². The molecule has 4 aliphatic rings. The van der Waals surface area contributed by atoms with E-state index in [-0.39, 0.29) is 23.5 Å². The standard InChI is InChI=1S/C28H33FN8O3/c1-26(2,39)21(29)13-33-25(38)19-12-32-22(37-24-18(11-34-37)4-17(10-30)23(31)35-24)5-20(19)36-27-6-15-3-16(7-27)9-28(40,8-15)14-27/h4-5,11-12,15-16,21,39-40H,3,6-9,13-14H2,1-2H3,(H2,31,35)(H,32,36)(H,33,38)/t15-,16?,21+,27+,28?/m0/s1. The Morgan fingerprint density at radius 2 is 2.02 bits per heavy atom. The van der Waals surface area contributed by atoms with Gasteiger partial charge in [0, 0.05) is 23.2 Å². The summed E-state index contributed by atoms with van der Waals surface area (Å²) in [4.78, 5) is 22.1. The number of rotatable bonds is 7. The molecule has 5 atom stereocenters. The summed E-state index contributed by atoms with van der Waals surface area (Å²) < 4.78 is 15.9. The molecular weight excluding hydrogens is 515 g/mol. The molecule has 0 aromatic carbocycles. The number of alkyl halides is 1. The minimum atomic E-state index is -1.66. The first-order valence-electron chi connectivity index (χ1n) is 13.6. The molecule has 6 N–H and O–H groups in total. The van der Waals surface area contributed by atoms with E-state index in [2.05, 4.69) is 25.7 Å². The molecular formula is C28H33FN8O3. The van der Waals surface area contributed by atoms with E-state index in [0.717, 1.165) is 32.1 Å². The number of hydrogen-bond acceptors (Lipinski definition) is 9. The predicted octanol–water partition coefficient (Wildman–Crippen LogP) is 2.60. The lowest BCUT2D eigenvalue weighted by molar-refractivity contribution is -0.127. The van der Waals surface area contributed by atoms with Crippen molar-refractivity contribution in [3.63, 3.8) is 0 Å². The Bertz CT molecular complexity index is 1530. The molecule has 40 heavy (non-hydrogen) atoms. The van der Waals surface area contributed by atoms with Crippen LogP contribution in [0, 0.1) is 23.2 Å². The molecule has 11 nitrogen and oxygen atoms in total. The van der Waals surface area contributed by atoms with E-state index < -0.39 is 28.8 Å². The van der Waals surface area contributed by atoms with Crippen LogP contribution in [0.2, 0.25) is 0 Å². The lowest BCUT2D eigenvalue weighted by atomic mass is 9.51. The average Bonchev–Trinajstić information content (AvgIpc) is 3.26. The number of fused-ring (bicyclic) bond motifs is 1. The maximum atomic E-state index is 14.4. The predicted molar refractivity (Wildman–Crippen MR) is 145 cm³/mol. The highest BCUT2D eigenvalue weighted by molar-refractivity contribution is 5.99. The third-order valence-electron chi connectivity index (χ3n) is 8.68. The minimum absolute atomic E-state index is 0.0699. The molecule has 4 aliphatic carbocycles. The van der Waals surface area contributed by atoms with Crippen molar-refractivity contribution in [1.82, 2.24) is 25.1 Å². The van der Waals surface area contributed by atoms with Gasteiger partial charge in [-0.25, -0.2) is 14.4 Å². The summed E-state index contributed by atoms with van der Waals surface area (Å²) in [6.45, 7) is 2.33. The number of pyridine rings is 2. The lowest BCUT2D eigenvalue weighted by Gasteiger charge is -2.60. The van der Waals surface area contributed by atoms with E-state index in [4.69, 9.17) is 5.73 Å².